The van der Waals surface area contributed by atoms with Crippen LogP contribution in [0.2, 0.25) is 0 Å². The highest BCUT2D eigenvalue weighted by atomic mass is 16.5. The van der Waals surface area contributed by atoms with Gasteiger partial charge in [-0.05, 0) is 30.6 Å². The summed E-state index contributed by atoms with van der Waals surface area (Å²) in [7, 11) is 1.50. The number of carbonyl (C=O) groups excluding carboxylic acids is 1. The SMILES string of the molecule is COC(=O)[C@@H]1C[C@@]2(C)C=C[C@]1(C(C)C)CC2. The van der Waals surface area contributed by atoms with Crippen LogP contribution in [-0.2, 0) is 9.53 Å². The first-order chi connectivity index (χ1) is 7.43. The number of hydrogen-bond donors (Lipinski definition) is 0. The van der Waals surface area contributed by atoms with E-state index in [4.69, 9.17) is 4.74 Å². The molecule has 0 heterocycles. The lowest BCUT2D eigenvalue weighted by Gasteiger charge is -2.53. The molecular weight excluding hydrogens is 200 g/mol. The van der Waals surface area contributed by atoms with Crippen molar-refractivity contribution < 1.29 is 9.53 Å². The number of rotatable bonds is 2. The molecule has 0 spiro atoms. The minimum Gasteiger partial charge on any atom is -0.469 e. The molecule has 2 nitrogen and oxygen atoms in total. The lowest BCUT2D eigenvalue weighted by atomic mass is 9.50. The lowest BCUT2D eigenvalue weighted by Crippen LogP contribution is -2.49. The summed E-state index contributed by atoms with van der Waals surface area (Å²) in [6, 6.07) is 0. The van der Waals surface area contributed by atoms with Crippen molar-refractivity contribution in [3.8, 4) is 0 Å². The van der Waals surface area contributed by atoms with E-state index in [1.54, 1.807) is 0 Å². The fraction of sp³-hybridized carbons (Fsp3) is 0.786. The van der Waals surface area contributed by atoms with Crippen LogP contribution in [-0.4, -0.2) is 13.1 Å². The quantitative estimate of drug-likeness (QED) is 0.530. The lowest BCUT2D eigenvalue weighted by molar-refractivity contribution is -0.155. The monoisotopic (exact) mass is 222 g/mol. The summed E-state index contributed by atoms with van der Waals surface area (Å²) in [5, 5.41) is 0. The highest BCUT2D eigenvalue weighted by Crippen LogP contribution is 2.58. The van der Waals surface area contributed by atoms with Gasteiger partial charge in [-0.25, -0.2) is 0 Å². The summed E-state index contributed by atoms with van der Waals surface area (Å²) in [6.07, 6.45) is 7.91. The van der Waals surface area contributed by atoms with Gasteiger partial charge >= 0.3 is 5.97 Å². The van der Waals surface area contributed by atoms with Crippen molar-refractivity contribution in [3.63, 3.8) is 0 Å². The molecule has 1 fully saturated rings. The Balaban J connectivity index is 2.39. The summed E-state index contributed by atoms with van der Waals surface area (Å²) in [5.74, 6) is 0.530. The van der Waals surface area contributed by atoms with Gasteiger partial charge in [-0.3, -0.25) is 4.79 Å². The summed E-state index contributed by atoms with van der Waals surface area (Å²) in [4.78, 5) is 12.0. The highest BCUT2D eigenvalue weighted by molar-refractivity contribution is 5.74. The zero-order valence-electron chi connectivity index (χ0n) is 10.7. The van der Waals surface area contributed by atoms with Gasteiger partial charge in [0.05, 0.1) is 13.0 Å². The molecule has 2 bridgehead atoms. The van der Waals surface area contributed by atoms with Crippen molar-refractivity contribution in [2.24, 2.45) is 22.7 Å². The van der Waals surface area contributed by atoms with Crippen molar-refractivity contribution >= 4 is 5.97 Å². The van der Waals surface area contributed by atoms with E-state index >= 15 is 0 Å². The third-order valence-corrected chi connectivity index (χ3v) is 4.80. The summed E-state index contributed by atoms with van der Waals surface area (Å²) >= 11 is 0. The van der Waals surface area contributed by atoms with E-state index in [1.165, 1.54) is 13.5 Å². The van der Waals surface area contributed by atoms with Gasteiger partial charge in [0, 0.05) is 5.41 Å². The van der Waals surface area contributed by atoms with E-state index in [9.17, 15) is 4.79 Å². The number of hydrogen-bond acceptors (Lipinski definition) is 2. The summed E-state index contributed by atoms with van der Waals surface area (Å²) in [5.41, 5.74) is 0.264. The van der Waals surface area contributed by atoms with E-state index < -0.39 is 0 Å². The number of carbonyl (C=O) groups is 1. The third-order valence-electron chi connectivity index (χ3n) is 4.80. The maximum atomic E-state index is 12.0. The largest absolute Gasteiger partial charge is 0.469 e. The van der Waals surface area contributed by atoms with E-state index in [0.717, 1.165) is 12.8 Å². The number of fused-ring (bicyclic) bond motifs is 2. The Hall–Kier alpha value is -0.790. The van der Waals surface area contributed by atoms with Gasteiger partial charge in [0.1, 0.15) is 0 Å². The molecule has 0 aliphatic heterocycles. The second kappa shape index (κ2) is 3.61. The molecule has 0 aromatic rings. The molecule has 0 amide bonds. The molecule has 3 atom stereocenters. The molecular formula is C14H22O2. The number of esters is 1. The summed E-state index contributed by atoms with van der Waals surface area (Å²) in [6.45, 7) is 6.69. The van der Waals surface area contributed by atoms with Gasteiger partial charge in [-0.2, -0.15) is 0 Å². The summed E-state index contributed by atoms with van der Waals surface area (Å²) < 4.78 is 4.99. The fourth-order valence-corrected chi connectivity index (χ4v) is 3.47. The smallest absolute Gasteiger partial charge is 0.309 e. The van der Waals surface area contributed by atoms with E-state index in [1.807, 2.05) is 0 Å². The Bertz CT molecular complexity index is 332. The van der Waals surface area contributed by atoms with Crippen molar-refractivity contribution in [2.45, 2.75) is 40.0 Å². The maximum absolute atomic E-state index is 12.0. The molecule has 16 heavy (non-hydrogen) atoms. The van der Waals surface area contributed by atoms with Crippen LogP contribution < -0.4 is 0 Å². The van der Waals surface area contributed by atoms with E-state index in [2.05, 4.69) is 32.9 Å². The van der Waals surface area contributed by atoms with Gasteiger partial charge in [0.2, 0.25) is 0 Å². The Morgan fingerprint density at radius 2 is 2.06 bits per heavy atom. The molecule has 0 radical (unpaired) electrons. The first-order valence-electron chi connectivity index (χ1n) is 6.22. The molecule has 0 saturated heterocycles. The van der Waals surface area contributed by atoms with Gasteiger partial charge in [-0.15, -0.1) is 0 Å². The molecule has 90 valence electrons. The normalized spacial score (nSPS) is 41.4. The fourth-order valence-electron chi connectivity index (χ4n) is 3.47. The van der Waals surface area contributed by atoms with Crippen molar-refractivity contribution in [1.82, 2.24) is 0 Å². The van der Waals surface area contributed by atoms with E-state index in [0.29, 0.717) is 5.92 Å². The average Bonchev–Trinajstić information content (AvgIpc) is 2.28. The minimum absolute atomic E-state index is 0.0241. The van der Waals surface area contributed by atoms with Gasteiger partial charge in [0.15, 0.2) is 0 Å². The number of allylic oxidation sites excluding steroid dienone is 2. The predicted molar refractivity (Wildman–Crippen MR) is 63.9 cm³/mol. The second-order valence-corrected chi connectivity index (χ2v) is 6.03. The highest BCUT2D eigenvalue weighted by Gasteiger charge is 2.53. The Morgan fingerprint density at radius 1 is 1.38 bits per heavy atom. The topological polar surface area (TPSA) is 26.3 Å². The molecule has 3 rings (SSSR count). The van der Waals surface area contributed by atoms with Crippen LogP contribution in [0.25, 0.3) is 0 Å². The first-order valence-corrected chi connectivity index (χ1v) is 6.22. The van der Waals surface area contributed by atoms with Crippen LogP contribution in [0, 0.1) is 22.7 Å². The zero-order valence-corrected chi connectivity index (χ0v) is 10.7. The molecule has 0 aromatic carbocycles. The molecule has 0 unspecified atom stereocenters. The molecule has 0 N–H and O–H groups in total. The van der Waals surface area contributed by atoms with Crippen molar-refractivity contribution in [3.05, 3.63) is 12.2 Å². The zero-order chi connectivity index (χ0) is 12.0. The van der Waals surface area contributed by atoms with Crippen molar-refractivity contribution in [2.75, 3.05) is 7.11 Å². The van der Waals surface area contributed by atoms with Crippen LogP contribution in [0.5, 0.6) is 0 Å². The standard InChI is InChI=1S/C14H22O2/c1-10(2)14-7-5-13(3,6-8-14)9-11(14)12(15)16-4/h5,7,10-11H,6,8-9H2,1-4H3/t11-,13-,14+/m0/s1. The van der Waals surface area contributed by atoms with Gasteiger partial charge in [0.25, 0.3) is 0 Å². The van der Waals surface area contributed by atoms with Gasteiger partial charge < -0.3 is 4.74 Å². The minimum atomic E-state index is -0.0241. The van der Waals surface area contributed by atoms with Crippen LogP contribution in [0.15, 0.2) is 12.2 Å². The van der Waals surface area contributed by atoms with Crippen molar-refractivity contribution in [1.29, 1.82) is 0 Å². The number of ether oxygens (including phenoxy) is 1. The molecule has 2 heteroatoms. The molecule has 3 aliphatic rings. The maximum Gasteiger partial charge on any atom is 0.309 e. The Kier molecular flexibility index (Phi) is 2.64. The first kappa shape index (κ1) is 11.7. The third kappa shape index (κ3) is 1.50. The molecule has 1 saturated carbocycles. The molecule has 0 aromatic heterocycles. The predicted octanol–water partition coefficient (Wildman–Crippen LogP) is 3.18. The second-order valence-electron chi connectivity index (χ2n) is 6.03. The van der Waals surface area contributed by atoms with Crippen LogP contribution in [0.1, 0.15) is 40.0 Å². The number of methoxy groups -OCH3 is 1. The molecule has 3 aliphatic carbocycles. The van der Waals surface area contributed by atoms with Gasteiger partial charge in [-0.1, -0.05) is 32.9 Å². The Labute approximate surface area is 98.1 Å². The average molecular weight is 222 g/mol. The van der Waals surface area contributed by atoms with Crippen LogP contribution in [0.4, 0.5) is 0 Å². The van der Waals surface area contributed by atoms with E-state index in [-0.39, 0.29) is 22.7 Å². The van der Waals surface area contributed by atoms with Crippen LogP contribution in [0.3, 0.4) is 0 Å². The van der Waals surface area contributed by atoms with Crippen LogP contribution >= 0.6 is 0 Å². The Morgan fingerprint density at radius 3 is 2.50 bits per heavy atom.